The summed E-state index contributed by atoms with van der Waals surface area (Å²) in [6.07, 6.45) is 1.96. The van der Waals surface area contributed by atoms with Crippen molar-refractivity contribution >= 4 is 21.5 Å². The molecule has 0 saturated carbocycles. The highest BCUT2D eigenvalue weighted by Gasteiger charge is 2.38. The molecule has 0 amide bonds. The predicted octanol–water partition coefficient (Wildman–Crippen LogP) is 8.48. The van der Waals surface area contributed by atoms with Crippen molar-refractivity contribution in [2.24, 2.45) is 0 Å². The molecule has 156 valence electrons. The second-order valence-electron chi connectivity index (χ2n) is 9.85. The highest BCUT2D eigenvalue weighted by atomic mass is 14.7. The summed E-state index contributed by atoms with van der Waals surface area (Å²) in [4.78, 5) is 4.90. The molecule has 32 heavy (non-hydrogen) atoms. The van der Waals surface area contributed by atoms with Gasteiger partial charge in [0.2, 0.25) is 0 Å². The quantitative estimate of drug-likeness (QED) is 0.264. The minimum absolute atomic E-state index is 0.00640. The lowest BCUT2D eigenvalue weighted by Gasteiger charge is -2.26. The van der Waals surface area contributed by atoms with E-state index in [9.17, 15) is 0 Å². The zero-order chi connectivity index (χ0) is 22.0. The number of nitrogens with zero attached hydrogens (tertiary/aromatic N) is 1. The normalized spacial score (nSPS) is 14.2. The van der Waals surface area contributed by atoms with Gasteiger partial charge in [0, 0.05) is 22.6 Å². The Balaban J connectivity index is 1.68. The summed E-state index contributed by atoms with van der Waals surface area (Å²) in [5, 5.41) is 5.03. The first-order valence-electron chi connectivity index (χ1n) is 11.5. The summed E-state index contributed by atoms with van der Waals surface area (Å²) in [7, 11) is 0. The molecule has 0 unspecified atom stereocenters. The lowest BCUT2D eigenvalue weighted by molar-refractivity contribution is 0.642. The van der Waals surface area contributed by atoms with Crippen LogP contribution >= 0.6 is 0 Å². The molecule has 1 aliphatic rings. The number of hydrogen-bond donors (Lipinski definition) is 0. The van der Waals surface area contributed by atoms with Crippen LogP contribution in [0.2, 0.25) is 0 Å². The molecule has 1 aromatic heterocycles. The Hall–Kier alpha value is -3.45. The lowest BCUT2D eigenvalue weighted by Crippen LogP contribution is -2.18. The van der Waals surface area contributed by atoms with Crippen molar-refractivity contribution in [3.05, 3.63) is 102 Å². The van der Waals surface area contributed by atoms with E-state index in [-0.39, 0.29) is 5.41 Å². The Morgan fingerprint density at radius 3 is 2.34 bits per heavy atom. The third-order valence-corrected chi connectivity index (χ3v) is 7.25. The highest BCUT2D eigenvalue weighted by molar-refractivity contribution is 6.11. The van der Waals surface area contributed by atoms with Crippen molar-refractivity contribution in [3.63, 3.8) is 0 Å². The Morgan fingerprint density at radius 2 is 1.50 bits per heavy atom. The van der Waals surface area contributed by atoms with Crippen LogP contribution in [0.5, 0.6) is 0 Å². The van der Waals surface area contributed by atoms with Crippen molar-refractivity contribution in [2.75, 3.05) is 0 Å². The van der Waals surface area contributed by atoms with E-state index in [0.717, 1.165) is 5.69 Å². The lowest BCUT2D eigenvalue weighted by atomic mass is 9.77. The number of aromatic nitrogens is 1. The minimum atomic E-state index is 0.00640. The second-order valence-corrected chi connectivity index (χ2v) is 9.85. The maximum absolute atomic E-state index is 4.90. The summed E-state index contributed by atoms with van der Waals surface area (Å²) in [6.45, 7) is 9.35. The Bertz CT molecular complexity index is 1520. The van der Waals surface area contributed by atoms with E-state index in [1.807, 2.05) is 6.20 Å². The van der Waals surface area contributed by atoms with Gasteiger partial charge >= 0.3 is 0 Å². The van der Waals surface area contributed by atoms with Crippen molar-refractivity contribution in [1.29, 1.82) is 0 Å². The van der Waals surface area contributed by atoms with Gasteiger partial charge < -0.3 is 0 Å². The Kier molecular flexibility index (Phi) is 4.07. The monoisotopic (exact) mass is 413 g/mol. The number of benzene rings is 4. The molecule has 1 nitrogen and oxygen atoms in total. The van der Waals surface area contributed by atoms with Crippen LogP contribution in [0.1, 0.15) is 50.3 Å². The van der Waals surface area contributed by atoms with Gasteiger partial charge in [0.05, 0.1) is 5.69 Å². The molecule has 0 aliphatic heterocycles. The molecule has 0 radical (unpaired) electrons. The van der Waals surface area contributed by atoms with Crippen LogP contribution in [0.4, 0.5) is 0 Å². The van der Waals surface area contributed by atoms with E-state index in [0.29, 0.717) is 5.92 Å². The predicted molar refractivity (Wildman–Crippen MR) is 136 cm³/mol. The number of rotatable bonds is 2. The number of hydrogen-bond acceptors (Lipinski definition) is 1. The molecule has 0 saturated heterocycles. The van der Waals surface area contributed by atoms with E-state index >= 15 is 0 Å². The van der Waals surface area contributed by atoms with Gasteiger partial charge in [-0.05, 0) is 68.1 Å². The molecule has 0 spiro atoms. The zero-order valence-corrected chi connectivity index (χ0v) is 19.1. The molecular weight excluding hydrogens is 386 g/mol. The Morgan fingerprint density at radius 1 is 0.719 bits per heavy atom. The fourth-order valence-electron chi connectivity index (χ4n) is 5.73. The summed E-state index contributed by atoms with van der Waals surface area (Å²) < 4.78 is 0. The molecule has 4 aromatic carbocycles. The second kappa shape index (κ2) is 6.77. The zero-order valence-electron chi connectivity index (χ0n) is 19.1. The highest BCUT2D eigenvalue weighted by Crippen LogP contribution is 2.52. The molecular formula is C31H27N. The van der Waals surface area contributed by atoms with Crippen LogP contribution in [0, 0.1) is 0 Å². The third kappa shape index (κ3) is 2.61. The minimum Gasteiger partial charge on any atom is -0.256 e. The average Bonchev–Trinajstić information content (AvgIpc) is 3.05. The van der Waals surface area contributed by atoms with E-state index in [1.165, 1.54) is 54.9 Å². The van der Waals surface area contributed by atoms with E-state index < -0.39 is 0 Å². The van der Waals surface area contributed by atoms with Gasteiger partial charge in [-0.15, -0.1) is 0 Å². The summed E-state index contributed by atoms with van der Waals surface area (Å²) in [5.41, 5.74) is 9.34. The van der Waals surface area contributed by atoms with E-state index in [4.69, 9.17) is 4.98 Å². The standard InChI is InChI=1S/C31H27N/c1-19(2)26-17-21(18-27-24-11-7-8-12-28(24)31(3,4)29(26)27)30-25-14-13-20-9-5-6-10-22(20)23(25)15-16-32-30/h5-19H,1-4H3. The SMILES string of the molecule is CC(C)c1cc(-c2nccc3c2ccc2ccccc23)cc2c1C(C)(C)c1ccccc1-2. The Labute approximate surface area is 189 Å². The molecule has 1 heteroatoms. The third-order valence-electron chi connectivity index (χ3n) is 7.25. The molecule has 0 N–H and O–H groups in total. The summed E-state index contributed by atoms with van der Waals surface area (Å²) >= 11 is 0. The first-order valence-corrected chi connectivity index (χ1v) is 11.5. The fourth-order valence-corrected chi connectivity index (χ4v) is 5.73. The average molecular weight is 414 g/mol. The maximum Gasteiger partial charge on any atom is 0.0780 e. The van der Waals surface area contributed by atoms with Gasteiger partial charge in [-0.1, -0.05) is 88.4 Å². The largest absolute Gasteiger partial charge is 0.256 e. The van der Waals surface area contributed by atoms with Crippen molar-refractivity contribution in [1.82, 2.24) is 4.98 Å². The van der Waals surface area contributed by atoms with Crippen molar-refractivity contribution in [3.8, 4) is 22.4 Å². The van der Waals surface area contributed by atoms with Gasteiger partial charge in [-0.3, -0.25) is 4.98 Å². The van der Waals surface area contributed by atoms with E-state index in [1.54, 1.807) is 0 Å². The topological polar surface area (TPSA) is 12.9 Å². The van der Waals surface area contributed by atoms with Crippen molar-refractivity contribution in [2.45, 2.75) is 39.0 Å². The van der Waals surface area contributed by atoms with Crippen molar-refractivity contribution < 1.29 is 0 Å². The van der Waals surface area contributed by atoms with Crippen LogP contribution < -0.4 is 0 Å². The molecule has 0 bridgehead atoms. The van der Waals surface area contributed by atoms with Crippen LogP contribution in [-0.4, -0.2) is 4.98 Å². The van der Waals surface area contributed by atoms with Crippen LogP contribution in [0.15, 0.2) is 85.1 Å². The van der Waals surface area contributed by atoms with Gasteiger partial charge in [0.15, 0.2) is 0 Å². The van der Waals surface area contributed by atoms with Gasteiger partial charge in [-0.25, -0.2) is 0 Å². The molecule has 6 rings (SSSR count). The maximum atomic E-state index is 4.90. The van der Waals surface area contributed by atoms with Crippen LogP contribution in [0.25, 0.3) is 43.9 Å². The molecule has 0 fully saturated rings. The molecule has 1 aliphatic carbocycles. The van der Waals surface area contributed by atoms with Gasteiger partial charge in [-0.2, -0.15) is 0 Å². The fraction of sp³-hybridized carbons (Fsp3) is 0.194. The molecule has 5 aromatic rings. The van der Waals surface area contributed by atoms with Gasteiger partial charge in [0.25, 0.3) is 0 Å². The number of fused-ring (bicyclic) bond motifs is 6. The van der Waals surface area contributed by atoms with Gasteiger partial charge in [0.1, 0.15) is 0 Å². The summed E-state index contributed by atoms with van der Waals surface area (Å²) in [5.74, 6) is 0.438. The molecule has 0 atom stereocenters. The first-order chi connectivity index (χ1) is 15.5. The molecule has 1 heterocycles. The first kappa shape index (κ1) is 19.3. The number of pyridine rings is 1. The summed E-state index contributed by atoms with van der Waals surface area (Å²) in [6, 6.07) is 28.9. The van der Waals surface area contributed by atoms with Crippen LogP contribution in [-0.2, 0) is 5.41 Å². The van der Waals surface area contributed by atoms with Crippen LogP contribution in [0.3, 0.4) is 0 Å². The van der Waals surface area contributed by atoms with E-state index in [2.05, 4.69) is 107 Å². The smallest absolute Gasteiger partial charge is 0.0780 e.